The number of halogens is 1. The largest absolute Gasteiger partial charge is 0.351 e. The summed E-state index contributed by atoms with van der Waals surface area (Å²) >= 11 is 3.27. The minimum atomic E-state index is 0.318. The highest BCUT2D eigenvalue weighted by molar-refractivity contribution is 9.10. The number of anilines is 1. The van der Waals surface area contributed by atoms with Crippen molar-refractivity contribution in [3.8, 4) is 0 Å². The molecule has 0 amide bonds. The van der Waals surface area contributed by atoms with Gasteiger partial charge in [-0.25, -0.2) is 9.97 Å². The molecule has 0 spiro atoms. The maximum absolute atomic E-state index is 4.10. The van der Waals surface area contributed by atoms with Gasteiger partial charge in [-0.1, -0.05) is 6.08 Å². The molecule has 0 aliphatic carbocycles. The molecular formula is C9H12BrN3. The minimum absolute atomic E-state index is 0.318. The van der Waals surface area contributed by atoms with Crippen LogP contribution in [0.25, 0.3) is 0 Å². The topological polar surface area (TPSA) is 37.8 Å². The van der Waals surface area contributed by atoms with Crippen molar-refractivity contribution in [3.05, 3.63) is 29.5 Å². The molecule has 1 unspecified atom stereocenters. The summed E-state index contributed by atoms with van der Waals surface area (Å²) in [6.45, 7) is 5.73. The van der Waals surface area contributed by atoms with Crippen LogP contribution in [0.4, 0.5) is 5.95 Å². The van der Waals surface area contributed by atoms with E-state index in [2.05, 4.69) is 44.7 Å². The first-order valence-electron chi connectivity index (χ1n) is 4.07. The van der Waals surface area contributed by atoms with E-state index in [1.807, 2.05) is 6.08 Å². The first-order valence-corrected chi connectivity index (χ1v) is 4.86. The van der Waals surface area contributed by atoms with Crippen LogP contribution in [0.3, 0.4) is 0 Å². The molecule has 3 nitrogen and oxygen atoms in total. The third kappa shape index (κ3) is 3.55. The lowest BCUT2D eigenvalue weighted by molar-refractivity contribution is 0.798. The molecule has 1 aromatic rings. The smallest absolute Gasteiger partial charge is 0.222 e. The fourth-order valence-corrected chi connectivity index (χ4v) is 1.12. The van der Waals surface area contributed by atoms with Gasteiger partial charge in [0.25, 0.3) is 0 Å². The number of hydrogen-bond acceptors (Lipinski definition) is 3. The van der Waals surface area contributed by atoms with Gasteiger partial charge in [0, 0.05) is 18.4 Å². The molecule has 0 bridgehead atoms. The Kier molecular flexibility index (Phi) is 3.89. The molecule has 70 valence electrons. The van der Waals surface area contributed by atoms with Crippen LogP contribution in [0.1, 0.15) is 13.3 Å². The average molecular weight is 242 g/mol. The van der Waals surface area contributed by atoms with Gasteiger partial charge in [0.15, 0.2) is 0 Å². The van der Waals surface area contributed by atoms with Gasteiger partial charge in [-0.2, -0.15) is 0 Å². The zero-order valence-corrected chi connectivity index (χ0v) is 9.08. The van der Waals surface area contributed by atoms with Gasteiger partial charge in [-0.15, -0.1) is 6.58 Å². The Morgan fingerprint density at radius 3 is 2.77 bits per heavy atom. The molecule has 4 heteroatoms. The van der Waals surface area contributed by atoms with Crippen LogP contribution >= 0.6 is 15.9 Å². The first kappa shape index (κ1) is 10.2. The maximum Gasteiger partial charge on any atom is 0.222 e. The summed E-state index contributed by atoms with van der Waals surface area (Å²) in [7, 11) is 0. The zero-order valence-electron chi connectivity index (χ0n) is 7.50. The van der Waals surface area contributed by atoms with Crippen molar-refractivity contribution in [3.63, 3.8) is 0 Å². The summed E-state index contributed by atoms with van der Waals surface area (Å²) < 4.78 is 0.884. The van der Waals surface area contributed by atoms with Crippen LogP contribution in [-0.2, 0) is 0 Å². The quantitative estimate of drug-likeness (QED) is 0.824. The molecule has 0 saturated heterocycles. The number of nitrogens with one attached hydrogen (secondary N) is 1. The van der Waals surface area contributed by atoms with E-state index in [4.69, 9.17) is 0 Å². The van der Waals surface area contributed by atoms with Crippen LogP contribution in [0.5, 0.6) is 0 Å². The summed E-state index contributed by atoms with van der Waals surface area (Å²) in [5.74, 6) is 0.651. The Hall–Kier alpha value is -0.900. The van der Waals surface area contributed by atoms with Crippen molar-refractivity contribution in [1.29, 1.82) is 0 Å². The molecule has 0 aliphatic rings. The summed E-state index contributed by atoms with van der Waals surface area (Å²) in [5, 5.41) is 3.16. The van der Waals surface area contributed by atoms with Gasteiger partial charge in [0.2, 0.25) is 5.95 Å². The Morgan fingerprint density at radius 2 is 2.23 bits per heavy atom. The Balaban J connectivity index is 2.53. The number of nitrogens with zero attached hydrogens (tertiary/aromatic N) is 2. The van der Waals surface area contributed by atoms with Gasteiger partial charge in [-0.05, 0) is 29.3 Å². The van der Waals surface area contributed by atoms with Crippen molar-refractivity contribution in [1.82, 2.24) is 9.97 Å². The Labute approximate surface area is 86.4 Å². The van der Waals surface area contributed by atoms with E-state index in [0.717, 1.165) is 10.9 Å². The van der Waals surface area contributed by atoms with E-state index >= 15 is 0 Å². The maximum atomic E-state index is 4.10. The van der Waals surface area contributed by atoms with Crippen molar-refractivity contribution in [2.75, 3.05) is 5.32 Å². The second-order valence-corrected chi connectivity index (χ2v) is 3.71. The standard InChI is InChI=1S/C9H12BrN3/c1-3-4-7(2)13-9-11-5-8(10)6-12-9/h3,5-7H,1,4H2,2H3,(H,11,12,13). The summed E-state index contributed by atoms with van der Waals surface area (Å²) in [5.41, 5.74) is 0. The monoisotopic (exact) mass is 241 g/mol. The Bertz CT molecular complexity index is 271. The average Bonchev–Trinajstić information content (AvgIpc) is 2.09. The van der Waals surface area contributed by atoms with Gasteiger partial charge in [0.05, 0.1) is 4.47 Å². The third-order valence-electron chi connectivity index (χ3n) is 1.52. The van der Waals surface area contributed by atoms with E-state index in [-0.39, 0.29) is 0 Å². The van der Waals surface area contributed by atoms with E-state index in [1.165, 1.54) is 0 Å². The first-order chi connectivity index (χ1) is 6.22. The third-order valence-corrected chi connectivity index (χ3v) is 1.93. The highest BCUT2D eigenvalue weighted by Gasteiger charge is 2.00. The van der Waals surface area contributed by atoms with Crippen LogP contribution < -0.4 is 5.32 Å². The van der Waals surface area contributed by atoms with Gasteiger partial charge in [-0.3, -0.25) is 0 Å². The number of rotatable bonds is 4. The van der Waals surface area contributed by atoms with Crippen LogP contribution in [0, 0.1) is 0 Å². The number of hydrogen-bond donors (Lipinski definition) is 1. The van der Waals surface area contributed by atoms with Crippen molar-refractivity contribution in [2.24, 2.45) is 0 Å². The highest BCUT2D eigenvalue weighted by atomic mass is 79.9. The molecule has 1 heterocycles. The molecule has 1 rings (SSSR count). The summed E-state index contributed by atoms with van der Waals surface area (Å²) in [6.07, 6.45) is 6.21. The van der Waals surface area contributed by atoms with E-state index in [0.29, 0.717) is 12.0 Å². The predicted octanol–water partition coefficient (Wildman–Crippen LogP) is 2.62. The lowest BCUT2D eigenvalue weighted by Gasteiger charge is -2.10. The van der Waals surface area contributed by atoms with Crippen LogP contribution in [-0.4, -0.2) is 16.0 Å². The summed E-state index contributed by atoms with van der Waals surface area (Å²) in [4.78, 5) is 8.19. The second kappa shape index (κ2) is 4.97. The van der Waals surface area contributed by atoms with E-state index in [1.54, 1.807) is 12.4 Å². The molecule has 0 aromatic carbocycles. The molecule has 0 radical (unpaired) electrons. The molecule has 1 N–H and O–H groups in total. The van der Waals surface area contributed by atoms with Crippen molar-refractivity contribution >= 4 is 21.9 Å². The summed E-state index contributed by atoms with van der Waals surface area (Å²) in [6, 6.07) is 0.318. The van der Waals surface area contributed by atoms with Gasteiger partial charge in [0.1, 0.15) is 0 Å². The second-order valence-electron chi connectivity index (χ2n) is 2.79. The molecule has 13 heavy (non-hydrogen) atoms. The van der Waals surface area contributed by atoms with Crippen molar-refractivity contribution in [2.45, 2.75) is 19.4 Å². The zero-order chi connectivity index (χ0) is 9.68. The normalized spacial score (nSPS) is 12.2. The molecular weight excluding hydrogens is 230 g/mol. The number of aromatic nitrogens is 2. The van der Waals surface area contributed by atoms with Gasteiger partial charge >= 0.3 is 0 Å². The Morgan fingerprint density at radius 1 is 1.62 bits per heavy atom. The fourth-order valence-electron chi connectivity index (χ4n) is 0.916. The lowest BCUT2D eigenvalue weighted by atomic mass is 10.2. The fraction of sp³-hybridized carbons (Fsp3) is 0.333. The minimum Gasteiger partial charge on any atom is -0.351 e. The molecule has 1 aromatic heterocycles. The van der Waals surface area contributed by atoms with Gasteiger partial charge < -0.3 is 5.32 Å². The molecule has 0 aliphatic heterocycles. The lowest BCUT2D eigenvalue weighted by Crippen LogP contribution is -2.15. The predicted molar refractivity (Wildman–Crippen MR) is 57.6 cm³/mol. The molecule has 0 fully saturated rings. The highest BCUT2D eigenvalue weighted by Crippen LogP contribution is 2.08. The molecule has 0 saturated carbocycles. The van der Waals surface area contributed by atoms with Crippen molar-refractivity contribution < 1.29 is 0 Å². The van der Waals surface area contributed by atoms with E-state index in [9.17, 15) is 0 Å². The van der Waals surface area contributed by atoms with Crippen LogP contribution in [0.15, 0.2) is 29.5 Å². The SMILES string of the molecule is C=CCC(C)Nc1ncc(Br)cn1. The van der Waals surface area contributed by atoms with E-state index < -0.39 is 0 Å². The van der Waals surface area contributed by atoms with Crippen LogP contribution in [0.2, 0.25) is 0 Å². The molecule has 1 atom stereocenters.